The van der Waals surface area contributed by atoms with Crippen LogP contribution in [0.2, 0.25) is 12.1 Å². The van der Waals surface area contributed by atoms with E-state index >= 15 is 0 Å². The molecule has 0 radical (unpaired) electrons. The maximum Gasteiger partial charge on any atom is 0.119 e. The van der Waals surface area contributed by atoms with Crippen LogP contribution in [0.25, 0.3) is 0 Å². The molecule has 1 aromatic carbocycles. The van der Waals surface area contributed by atoms with Gasteiger partial charge in [0, 0.05) is 0 Å². The van der Waals surface area contributed by atoms with E-state index in [4.69, 9.17) is 9.47 Å². The Balaban J connectivity index is 1.64. The molecule has 0 atom stereocenters. The van der Waals surface area contributed by atoms with E-state index in [1.165, 1.54) is 44.2 Å². The van der Waals surface area contributed by atoms with Crippen LogP contribution in [0, 0.1) is 5.92 Å². The SMILES string of the molecule is C=CCCC[C@H]1CC[Si@H](COc2ccc(OCC)cc2)CC1. The van der Waals surface area contributed by atoms with Gasteiger partial charge < -0.3 is 9.47 Å². The molecule has 1 aromatic rings. The monoisotopic (exact) mass is 318 g/mol. The Morgan fingerprint density at radius 3 is 2.36 bits per heavy atom. The Labute approximate surface area is 137 Å². The van der Waals surface area contributed by atoms with Crippen molar-refractivity contribution < 1.29 is 9.47 Å². The molecule has 0 aromatic heterocycles. The van der Waals surface area contributed by atoms with Crippen molar-refractivity contribution >= 4 is 8.80 Å². The van der Waals surface area contributed by atoms with Crippen LogP contribution >= 0.6 is 0 Å². The maximum atomic E-state index is 6.01. The fourth-order valence-corrected chi connectivity index (χ4v) is 6.19. The first-order valence-corrected chi connectivity index (χ1v) is 11.2. The highest BCUT2D eigenvalue weighted by Crippen LogP contribution is 2.29. The molecular formula is C19H30O2Si. The summed E-state index contributed by atoms with van der Waals surface area (Å²) in [6, 6.07) is 11.0. The summed E-state index contributed by atoms with van der Waals surface area (Å²) in [7, 11) is -0.675. The van der Waals surface area contributed by atoms with Gasteiger partial charge in [-0.1, -0.05) is 37.4 Å². The average molecular weight is 319 g/mol. The van der Waals surface area contributed by atoms with Gasteiger partial charge in [-0.15, -0.1) is 6.58 Å². The first kappa shape index (κ1) is 17.1. The molecule has 2 nitrogen and oxygen atoms in total. The largest absolute Gasteiger partial charge is 0.498 e. The zero-order valence-electron chi connectivity index (χ0n) is 13.9. The lowest BCUT2D eigenvalue weighted by molar-refractivity contribution is 0.337. The number of hydrogen-bond donors (Lipinski definition) is 0. The van der Waals surface area contributed by atoms with Gasteiger partial charge in [-0.05, 0) is 49.9 Å². The molecule has 0 N–H and O–H groups in total. The standard InChI is InChI=1S/C19H30O2Si/c1-3-5-6-7-17-12-14-22(15-13-17)16-21-19-10-8-18(9-11-19)20-4-2/h3,8-11,17,22H,1,4-7,12-16H2,2H3/t17-,22-. The van der Waals surface area contributed by atoms with Crippen molar-refractivity contribution in [1.82, 2.24) is 0 Å². The third kappa shape index (κ3) is 5.88. The van der Waals surface area contributed by atoms with Crippen molar-refractivity contribution in [2.45, 2.75) is 51.1 Å². The smallest absolute Gasteiger partial charge is 0.119 e. The summed E-state index contributed by atoms with van der Waals surface area (Å²) in [6.07, 6.45) is 9.80. The average Bonchev–Trinajstić information content (AvgIpc) is 2.56. The van der Waals surface area contributed by atoms with Crippen LogP contribution in [-0.2, 0) is 0 Å². The molecule has 1 aliphatic rings. The summed E-state index contributed by atoms with van der Waals surface area (Å²) in [5.41, 5.74) is 0. The summed E-state index contributed by atoms with van der Waals surface area (Å²) in [5, 5.41) is 0. The summed E-state index contributed by atoms with van der Waals surface area (Å²) in [4.78, 5) is 0. The van der Waals surface area contributed by atoms with Gasteiger partial charge in [0.1, 0.15) is 11.5 Å². The molecule has 2 rings (SSSR count). The molecule has 22 heavy (non-hydrogen) atoms. The first-order valence-electron chi connectivity index (χ1n) is 8.78. The van der Waals surface area contributed by atoms with Crippen LogP contribution in [0.5, 0.6) is 11.5 Å². The van der Waals surface area contributed by atoms with Crippen LogP contribution in [0.15, 0.2) is 36.9 Å². The molecule has 0 amide bonds. The van der Waals surface area contributed by atoms with E-state index in [1.807, 2.05) is 37.3 Å². The second kappa shape index (κ2) is 9.72. The van der Waals surface area contributed by atoms with E-state index in [2.05, 4.69) is 6.58 Å². The van der Waals surface area contributed by atoms with Crippen LogP contribution in [0.4, 0.5) is 0 Å². The van der Waals surface area contributed by atoms with Crippen LogP contribution in [0.1, 0.15) is 39.0 Å². The number of hydrogen-bond acceptors (Lipinski definition) is 2. The van der Waals surface area contributed by atoms with Gasteiger partial charge in [-0.3, -0.25) is 0 Å². The van der Waals surface area contributed by atoms with Gasteiger partial charge in [-0.25, -0.2) is 0 Å². The van der Waals surface area contributed by atoms with Gasteiger partial charge >= 0.3 is 0 Å². The van der Waals surface area contributed by atoms with Gasteiger partial charge in [0.25, 0.3) is 0 Å². The highest BCUT2D eigenvalue weighted by Gasteiger charge is 2.22. The van der Waals surface area contributed by atoms with Gasteiger partial charge in [0.15, 0.2) is 0 Å². The Kier molecular flexibility index (Phi) is 7.57. The quantitative estimate of drug-likeness (QED) is 0.362. The Hall–Kier alpha value is -1.22. The number of allylic oxidation sites excluding steroid dienone is 1. The van der Waals surface area contributed by atoms with Crippen LogP contribution in [0.3, 0.4) is 0 Å². The summed E-state index contributed by atoms with van der Waals surface area (Å²) >= 11 is 0. The molecule has 0 aliphatic carbocycles. The number of benzene rings is 1. The van der Waals surface area contributed by atoms with Gasteiger partial charge in [-0.2, -0.15) is 0 Å². The van der Waals surface area contributed by atoms with Crippen molar-refractivity contribution in [3.8, 4) is 11.5 Å². The highest BCUT2D eigenvalue weighted by molar-refractivity contribution is 6.58. The topological polar surface area (TPSA) is 18.5 Å². The Morgan fingerprint density at radius 1 is 1.14 bits per heavy atom. The molecule has 1 aliphatic heterocycles. The van der Waals surface area contributed by atoms with Crippen molar-refractivity contribution in [3.05, 3.63) is 36.9 Å². The number of unbranched alkanes of at least 4 members (excludes halogenated alkanes) is 1. The zero-order chi connectivity index (χ0) is 15.6. The molecular weight excluding hydrogens is 288 g/mol. The lowest BCUT2D eigenvalue weighted by Crippen LogP contribution is -2.28. The van der Waals surface area contributed by atoms with E-state index in [9.17, 15) is 0 Å². The molecule has 0 saturated carbocycles. The van der Waals surface area contributed by atoms with Gasteiger partial charge in [0.05, 0.1) is 21.6 Å². The Morgan fingerprint density at radius 2 is 1.77 bits per heavy atom. The van der Waals surface area contributed by atoms with E-state index in [0.717, 1.165) is 23.6 Å². The third-order valence-corrected chi connectivity index (χ3v) is 7.55. The fourth-order valence-electron chi connectivity index (χ4n) is 3.25. The van der Waals surface area contributed by atoms with Crippen molar-refractivity contribution in [3.63, 3.8) is 0 Å². The predicted molar refractivity (Wildman–Crippen MR) is 96.6 cm³/mol. The summed E-state index contributed by atoms with van der Waals surface area (Å²) in [6.45, 7) is 6.52. The van der Waals surface area contributed by atoms with E-state index < -0.39 is 8.80 Å². The number of ether oxygens (including phenoxy) is 2. The molecule has 0 unspecified atom stereocenters. The lowest BCUT2D eigenvalue weighted by atomic mass is 9.96. The van der Waals surface area contributed by atoms with E-state index in [0.29, 0.717) is 6.61 Å². The minimum Gasteiger partial charge on any atom is -0.498 e. The van der Waals surface area contributed by atoms with Crippen LogP contribution < -0.4 is 9.47 Å². The van der Waals surface area contributed by atoms with Crippen molar-refractivity contribution in [2.24, 2.45) is 5.92 Å². The van der Waals surface area contributed by atoms with Crippen LogP contribution in [-0.4, -0.2) is 21.6 Å². The second-order valence-corrected chi connectivity index (χ2v) is 9.54. The molecule has 1 heterocycles. The predicted octanol–water partition coefficient (Wildman–Crippen LogP) is 5.00. The minimum atomic E-state index is -0.675. The third-order valence-electron chi connectivity index (χ3n) is 4.61. The van der Waals surface area contributed by atoms with Crippen molar-refractivity contribution in [2.75, 3.05) is 12.8 Å². The molecule has 1 fully saturated rings. The second-order valence-electron chi connectivity index (χ2n) is 6.32. The van der Waals surface area contributed by atoms with E-state index in [1.54, 1.807) is 0 Å². The lowest BCUT2D eigenvalue weighted by Gasteiger charge is -2.27. The minimum absolute atomic E-state index is 0.675. The highest BCUT2D eigenvalue weighted by atomic mass is 28.3. The molecule has 3 heteroatoms. The normalized spacial score (nSPS) is 21.3. The molecule has 0 spiro atoms. The maximum absolute atomic E-state index is 6.01. The summed E-state index contributed by atoms with van der Waals surface area (Å²) in [5.74, 6) is 2.88. The van der Waals surface area contributed by atoms with E-state index in [-0.39, 0.29) is 0 Å². The Bertz CT molecular complexity index is 422. The number of rotatable bonds is 9. The molecule has 122 valence electrons. The molecule has 1 saturated heterocycles. The molecule has 0 bridgehead atoms. The summed E-state index contributed by atoms with van der Waals surface area (Å²) < 4.78 is 11.5. The zero-order valence-corrected chi connectivity index (χ0v) is 15.1. The van der Waals surface area contributed by atoms with Crippen molar-refractivity contribution in [1.29, 1.82) is 0 Å². The van der Waals surface area contributed by atoms with Gasteiger partial charge in [0.2, 0.25) is 0 Å². The first-order chi connectivity index (χ1) is 10.8. The fraction of sp³-hybridized carbons (Fsp3) is 0.579.